The van der Waals surface area contributed by atoms with Crippen molar-refractivity contribution in [2.75, 3.05) is 18.5 Å². The van der Waals surface area contributed by atoms with Gasteiger partial charge < -0.3 is 10.1 Å². The zero-order valence-corrected chi connectivity index (χ0v) is 14.7. The maximum absolute atomic E-state index is 13.8. The average Bonchev–Trinajstić information content (AvgIpc) is 2.61. The molecule has 7 heteroatoms. The average molecular weight is 348 g/mol. The van der Waals surface area contributed by atoms with Gasteiger partial charge in [0, 0.05) is 12.5 Å². The van der Waals surface area contributed by atoms with Crippen molar-refractivity contribution in [2.45, 2.75) is 39.5 Å². The summed E-state index contributed by atoms with van der Waals surface area (Å²) in [7, 11) is 0. The fourth-order valence-electron chi connectivity index (χ4n) is 2.31. The molecule has 0 saturated heterocycles. The minimum absolute atomic E-state index is 0.0438. The number of rotatable bonds is 8. The third-order valence-corrected chi connectivity index (χ3v) is 3.82. The Bertz CT molecular complexity index is 646. The van der Waals surface area contributed by atoms with E-state index in [0.29, 0.717) is 13.2 Å². The molecule has 0 saturated carbocycles. The van der Waals surface area contributed by atoms with Crippen LogP contribution in [0.1, 0.15) is 39.5 Å². The number of carbonyl (C=O) groups is 1. The lowest BCUT2D eigenvalue weighted by molar-refractivity contribution is 0.250. The van der Waals surface area contributed by atoms with E-state index in [4.69, 9.17) is 4.74 Å². The molecule has 1 aliphatic rings. The molecular formula is C18H25FN4O2. The summed E-state index contributed by atoms with van der Waals surface area (Å²) in [4.78, 5) is 19.5. The second-order valence-corrected chi connectivity index (χ2v) is 6.05. The standard InChI is InChI=1S/C18H25FN4O2/c1-3-4-5-10-20-17(24)22-16-15(19)11-21-18(23-16)25-12-14-8-6-13(2)7-9-14/h6-8,11,14H,3-5,9-10,12H2,1-2H3,(H2,20,21,22,23,24). The number of ether oxygens (including phenoxy) is 1. The van der Waals surface area contributed by atoms with Gasteiger partial charge in [0.25, 0.3) is 0 Å². The van der Waals surface area contributed by atoms with E-state index in [1.165, 1.54) is 5.57 Å². The maximum atomic E-state index is 13.8. The molecule has 6 nitrogen and oxygen atoms in total. The molecule has 2 amide bonds. The van der Waals surface area contributed by atoms with E-state index >= 15 is 0 Å². The number of anilines is 1. The Labute approximate surface area is 147 Å². The largest absolute Gasteiger partial charge is 0.463 e. The quantitative estimate of drug-likeness (QED) is 0.700. The molecule has 2 rings (SSSR count). The van der Waals surface area contributed by atoms with Crippen molar-refractivity contribution in [3.63, 3.8) is 0 Å². The van der Waals surface area contributed by atoms with Crippen molar-refractivity contribution in [3.8, 4) is 6.01 Å². The van der Waals surface area contributed by atoms with Crippen molar-refractivity contribution in [3.05, 3.63) is 35.8 Å². The molecule has 0 spiro atoms. The number of nitrogens with zero attached hydrogens (tertiary/aromatic N) is 2. The van der Waals surface area contributed by atoms with Crippen molar-refractivity contribution in [1.29, 1.82) is 0 Å². The first-order valence-corrected chi connectivity index (χ1v) is 8.63. The zero-order chi connectivity index (χ0) is 18.1. The molecule has 25 heavy (non-hydrogen) atoms. The summed E-state index contributed by atoms with van der Waals surface area (Å²) in [6.07, 6.45) is 11.1. The van der Waals surface area contributed by atoms with Crippen LogP contribution in [0.5, 0.6) is 6.01 Å². The fourth-order valence-corrected chi connectivity index (χ4v) is 2.31. The van der Waals surface area contributed by atoms with E-state index in [1.54, 1.807) is 0 Å². The van der Waals surface area contributed by atoms with Gasteiger partial charge in [-0.1, -0.05) is 43.6 Å². The van der Waals surface area contributed by atoms with E-state index in [2.05, 4.69) is 39.7 Å². The minimum atomic E-state index is -0.702. The lowest BCUT2D eigenvalue weighted by Crippen LogP contribution is -2.30. The van der Waals surface area contributed by atoms with Crippen molar-refractivity contribution in [2.24, 2.45) is 5.92 Å². The van der Waals surface area contributed by atoms with E-state index in [1.807, 2.05) is 13.0 Å². The molecule has 0 aliphatic heterocycles. The number of halogens is 1. The predicted molar refractivity (Wildman–Crippen MR) is 95.0 cm³/mol. The van der Waals surface area contributed by atoms with Crippen LogP contribution in [0.3, 0.4) is 0 Å². The number of amides is 2. The smallest absolute Gasteiger partial charge is 0.320 e. The first-order chi connectivity index (χ1) is 12.1. The highest BCUT2D eigenvalue weighted by Gasteiger charge is 2.13. The van der Waals surface area contributed by atoms with Gasteiger partial charge in [0.05, 0.1) is 12.8 Å². The summed E-state index contributed by atoms with van der Waals surface area (Å²) in [5.41, 5.74) is 1.23. The molecular weight excluding hydrogens is 323 g/mol. The maximum Gasteiger partial charge on any atom is 0.320 e. The van der Waals surface area contributed by atoms with Crippen LogP contribution in [0.4, 0.5) is 15.0 Å². The molecule has 2 N–H and O–H groups in total. The van der Waals surface area contributed by atoms with Gasteiger partial charge in [-0.3, -0.25) is 5.32 Å². The molecule has 0 fully saturated rings. The van der Waals surface area contributed by atoms with Gasteiger partial charge in [0.2, 0.25) is 0 Å². The highest BCUT2D eigenvalue weighted by Crippen LogP contribution is 2.18. The van der Waals surface area contributed by atoms with Crippen LogP contribution in [-0.4, -0.2) is 29.2 Å². The van der Waals surface area contributed by atoms with Gasteiger partial charge in [-0.05, 0) is 19.8 Å². The van der Waals surface area contributed by atoms with E-state index in [9.17, 15) is 9.18 Å². The highest BCUT2D eigenvalue weighted by molar-refractivity contribution is 5.88. The molecule has 1 aromatic rings. The molecule has 1 heterocycles. The number of aromatic nitrogens is 2. The first-order valence-electron chi connectivity index (χ1n) is 8.63. The second-order valence-electron chi connectivity index (χ2n) is 6.05. The molecule has 1 unspecified atom stereocenters. The number of unbranched alkanes of at least 4 members (excludes halogenated alkanes) is 2. The van der Waals surface area contributed by atoms with Crippen LogP contribution in [0.15, 0.2) is 30.0 Å². The fraction of sp³-hybridized carbons (Fsp3) is 0.500. The molecule has 0 bridgehead atoms. The highest BCUT2D eigenvalue weighted by atomic mass is 19.1. The Hall–Kier alpha value is -2.44. The van der Waals surface area contributed by atoms with Crippen molar-refractivity contribution in [1.82, 2.24) is 15.3 Å². The van der Waals surface area contributed by atoms with Gasteiger partial charge >= 0.3 is 12.0 Å². The lowest BCUT2D eigenvalue weighted by atomic mass is 9.98. The van der Waals surface area contributed by atoms with Gasteiger partial charge in [-0.15, -0.1) is 0 Å². The molecule has 0 radical (unpaired) electrons. The summed E-state index contributed by atoms with van der Waals surface area (Å²) in [6.45, 7) is 5.06. The van der Waals surface area contributed by atoms with Crippen LogP contribution in [-0.2, 0) is 0 Å². The third-order valence-electron chi connectivity index (χ3n) is 3.82. The number of carbonyl (C=O) groups excluding carboxylic acids is 1. The normalized spacial score (nSPS) is 16.3. The minimum Gasteiger partial charge on any atom is -0.463 e. The van der Waals surface area contributed by atoms with E-state index in [0.717, 1.165) is 31.9 Å². The zero-order valence-electron chi connectivity index (χ0n) is 14.7. The van der Waals surface area contributed by atoms with Crippen LogP contribution in [0, 0.1) is 11.7 Å². The van der Waals surface area contributed by atoms with Crippen molar-refractivity contribution >= 4 is 11.8 Å². The number of hydrogen-bond acceptors (Lipinski definition) is 4. The van der Waals surface area contributed by atoms with Crippen LogP contribution >= 0.6 is 0 Å². The molecule has 0 aromatic carbocycles. The summed E-state index contributed by atoms with van der Waals surface area (Å²) in [5, 5.41) is 5.06. The SMILES string of the molecule is CCCCCNC(=O)Nc1nc(OCC2C=CC(C)=CC2)ncc1F. The Balaban J connectivity index is 1.84. The first kappa shape index (κ1) is 18.9. The number of nitrogens with one attached hydrogen (secondary N) is 2. The number of urea groups is 1. The topological polar surface area (TPSA) is 76.1 Å². The summed E-state index contributed by atoms with van der Waals surface area (Å²) < 4.78 is 19.3. The van der Waals surface area contributed by atoms with Crippen LogP contribution < -0.4 is 15.4 Å². The predicted octanol–water partition coefficient (Wildman–Crippen LogP) is 3.83. The Kier molecular flexibility index (Phi) is 7.37. The molecule has 136 valence electrons. The molecule has 1 atom stereocenters. The summed E-state index contributed by atoms with van der Waals surface area (Å²) in [6, 6.07) is -0.446. The van der Waals surface area contributed by atoms with E-state index in [-0.39, 0.29) is 17.7 Å². The van der Waals surface area contributed by atoms with Crippen molar-refractivity contribution < 1.29 is 13.9 Å². The van der Waals surface area contributed by atoms with Gasteiger partial charge in [-0.25, -0.2) is 14.2 Å². The monoisotopic (exact) mass is 348 g/mol. The lowest BCUT2D eigenvalue weighted by Gasteiger charge is -2.15. The summed E-state index contributed by atoms with van der Waals surface area (Å²) >= 11 is 0. The Morgan fingerprint density at radius 3 is 3.00 bits per heavy atom. The van der Waals surface area contributed by atoms with Crippen LogP contribution in [0.25, 0.3) is 0 Å². The van der Waals surface area contributed by atoms with Gasteiger partial charge in [0.1, 0.15) is 0 Å². The Morgan fingerprint density at radius 1 is 1.44 bits per heavy atom. The number of allylic oxidation sites excluding steroid dienone is 3. The van der Waals surface area contributed by atoms with E-state index < -0.39 is 11.8 Å². The third kappa shape index (κ3) is 6.52. The van der Waals surface area contributed by atoms with Gasteiger partial charge in [0.15, 0.2) is 11.6 Å². The van der Waals surface area contributed by atoms with Crippen LogP contribution in [0.2, 0.25) is 0 Å². The second kappa shape index (κ2) is 9.76. The van der Waals surface area contributed by atoms with Gasteiger partial charge in [-0.2, -0.15) is 4.98 Å². The Morgan fingerprint density at radius 2 is 2.28 bits per heavy atom. The molecule has 1 aliphatic carbocycles. The summed E-state index contributed by atoms with van der Waals surface area (Å²) in [5.74, 6) is -0.657. The number of hydrogen-bond donors (Lipinski definition) is 2. The molecule has 1 aromatic heterocycles.